The highest BCUT2D eigenvalue weighted by Gasteiger charge is 2.32. The van der Waals surface area contributed by atoms with Crippen LogP contribution < -0.4 is 5.73 Å². The number of hydrogen-bond acceptors (Lipinski definition) is 4. The minimum Gasteiger partial charge on any atom is -0.398 e. The fourth-order valence-corrected chi connectivity index (χ4v) is 4.48. The van der Waals surface area contributed by atoms with Crippen LogP contribution in [0.4, 0.5) is 5.69 Å². The van der Waals surface area contributed by atoms with Crippen LogP contribution in [0.1, 0.15) is 12.8 Å². The number of aliphatic hydroxyl groups is 1. The Labute approximate surface area is 122 Å². The maximum atomic E-state index is 12.5. The van der Waals surface area contributed by atoms with E-state index in [0.717, 1.165) is 0 Å². The first kappa shape index (κ1) is 14.9. The number of hydrogen-bond donors (Lipinski definition) is 2. The Balaban J connectivity index is 2.40. The van der Waals surface area contributed by atoms with E-state index < -0.39 is 16.1 Å². The fraction of sp³-hybridized carbons (Fsp3) is 0.455. The number of aliphatic hydroxyl groups excluding tert-OH is 1. The van der Waals surface area contributed by atoms with Crippen molar-refractivity contribution >= 4 is 38.9 Å². The minimum atomic E-state index is -3.76. The molecule has 0 radical (unpaired) electrons. The van der Waals surface area contributed by atoms with Gasteiger partial charge >= 0.3 is 0 Å². The first-order valence-corrected chi connectivity index (χ1v) is 7.94. The average molecular weight is 325 g/mol. The summed E-state index contributed by atoms with van der Waals surface area (Å²) in [5, 5.41) is 9.72. The number of nitrogen functional groups attached to an aromatic ring is 1. The Bertz CT molecular complexity index is 561. The second-order valence-corrected chi connectivity index (χ2v) is 7.16. The van der Waals surface area contributed by atoms with Gasteiger partial charge in [0, 0.05) is 18.1 Å². The molecule has 0 saturated carbocycles. The van der Waals surface area contributed by atoms with Crippen LogP contribution in [-0.4, -0.2) is 37.0 Å². The smallest absolute Gasteiger partial charge is 0.246 e. The molecule has 1 saturated heterocycles. The summed E-state index contributed by atoms with van der Waals surface area (Å²) in [6, 6.07) is 2.71. The van der Waals surface area contributed by atoms with Crippen LogP contribution in [0.3, 0.4) is 0 Å². The van der Waals surface area contributed by atoms with Gasteiger partial charge in [-0.15, -0.1) is 0 Å². The summed E-state index contributed by atoms with van der Waals surface area (Å²) in [5.74, 6) is 0. The van der Waals surface area contributed by atoms with E-state index in [1.54, 1.807) is 0 Å². The molecule has 0 aliphatic carbocycles. The maximum absolute atomic E-state index is 12.5. The third kappa shape index (κ3) is 2.98. The van der Waals surface area contributed by atoms with Gasteiger partial charge < -0.3 is 10.8 Å². The van der Waals surface area contributed by atoms with Crippen molar-refractivity contribution in [2.45, 2.75) is 23.8 Å². The van der Waals surface area contributed by atoms with Crippen LogP contribution in [0.25, 0.3) is 0 Å². The molecule has 3 N–H and O–H groups in total. The highest BCUT2D eigenvalue weighted by Crippen LogP contribution is 2.34. The largest absolute Gasteiger partial charge is 0.398 e. The van der Waals surface area contributed by atoms with Gasteiger partial charge in [-0.3, -0.25) is 0 Å². The molecule has 8 heteroatoms. The van der Waals surface area contributed by atoms with Gasteiger partial charge in [-0.1, -0.05) is 23.2 Å². The van der Waals surface area contributed by atoms with Crippen molar-refractivity contribution in [3.05, 3.63) is 22.2 Å². The molecule has 0 atom stereocenters. The Morgan fingerprint density at radius 2 is 1.84 bits per heavy atom. The van der Waals surface area contributed by atoms with Crippen molar-refractivity contribution in [3.8, 4) is 0 Å². The van der Waals surface area contributed by atoms with Gasteiger partial charge in [0.1, 0.15) is 4.90 Å². The van der Waals surface area contributed by atoms with Crippen molar-refractivity contribution < 1.29 is 13.5 Å². The van der Waals surface area contributed by atoms with Crippen LogP contribution in [0.15, 0.2) is 17.0 Å². The monoisotopic (exact) mass is 324 g/mol. The molecular formula is C11H14Cl2N2O3S. The number of piperidine rings is 1. The molecule has 2 rings (SSSR count). The summed E-state index contributed by atoms with van der Waals surface area (Å²) < 4.78 is 26.3. The Morgan fingerprint density at radius 3 is 2.37 bits per heavy atom. The topological polar surface area (TPSA) is 83.6 Å². The van der Waals surface area contributed by atoms with Crippen LogP contribution in [0, 0.1) is 0 Å². The van der Waals surface area contributed by atoms with Gasteiger partial charge in [-0.2, -0.15) is 4.31 Å². The first-order valence-electron chi connectivity index (χ1n) is 5.75. The quantitative estimate of drug-likeness (QED) is 0.811. The molecule has 0 aromatic heterocycles. The summed E-state index contributed by atoms with van der Waals surface area (Å²) in [5.41, 5.74) is 5.75. The lowest BCUT2D eigenvalue weighted by Gasteiger charge is -2.29. The highest BCUT2D eigenvalue weighted by atomic mass is 35.5. The molecule has 0 amide bonds. The second-order valence-electron chi connectivity index (χ2n) is 4.44. The molecule has 19 heavy (non-hydrogen) atoms. The predicted molar refractivity (Wildman–Crippen MR) is 74.9 cm³/mol. The van der Waals surface area contributed by atoms with E-state index in [4.69, 9.17) is 28.9 Å². The number of halogens is 2. The Morgan fingerprint density at radius 1 is 1.26 bits per heavy atom. The second kappa shape index (κ2) is 5.46. The summed E-state index contributed by atoms with van der Waals surface area (Å²) in [7, 11) is -3.76. The molecule has 1 aromatic rings. The van der Waals surface area contributed by atoms with Crippen molar-refractivity contribution in [2.24, 2.45) is 0 Å². The zero-order chi connectivity index (χ0) is 14.2. The minimum absolute atomic E-state index is 0.0103. The summed E-state index contributed by atoms with van der Waals surface area (Å²) in [4.78, 5) is -0.116. The molecule has 1 aromatic carbocycles. The van der Waals surface area contributed by atoms with Gasteiger partial charge in [0.05, 0.1) is 16.8 Å². The molecule has 0 unspecified atom stereocenters. The third-order valence-corrected chi connectivity index (χ3v) is 5.70. The van der Waals surface area contributed by atoms with Gasteiger partial charge in [-0.25, -0.2) is 8.42 Å². The van der Waals surface area contributed by atoms with Gasteiger partial charge in [-0.05, 0) is 25.0 Å². The van der Waals surface area contributed by atoms with Crippen molar-refractivity contribution in [2.75, 3.05) is 18.8 Å². The lowest BCUT2D eigenvalue weighted by atomic mass is 10.1. The molecule has 5 nitrogen and oxygen atoms in total. The van der Waals surface area contributed by atoms with Crippen LogP contribution in [-0.2, 0) is 10.0 Å². The van der Waals surface area contributed by atoms with Crippen LogP contribution in [0.5, 0.6) is 0 Å². The van der Waals surface area contributed by atoms with Gasteiger partial charge in [0.25, 0.3) is 0 Å². The number of benzene rings is 1. The maximum Gasteiger partial charge on any atom is 0.246 e. The summed E-state index contributed by atoms with van der Waals surface area (Å²) in [6.45, 7) is 0.504. The van der Waals surface area contributed by atoms with Crippen LogP contribution >= 0.6 is 23.2 Å². The van der Waals surface area contributed by atoms with Crippen LogP contribution in [0.2, 0.25) is 10.0 Å². The highest BCUT2D eigenvalue weighted by molar-refractivity contribution is 7.89. The molecule has 1 heterocycles. The summed E-state index contributed by atoms with van der Waals surface area (Å²) >= 11 is 11.7. The SMILES string of the molecule is Nc1cc(Cl)cc(Cl)c1S(=O)(=O)N1CCC(O)CC1. The van der Waals surface area contributed by atoms with Gasteiger partial charge in [0.2, 0.25) is 10.0 Å². The molecule has 106 valence electrons. The van der Waals surface area contributed by atoms with Crippen molar-refractivity contribution in [1.29, 1.82) is 0 Å². The zero-order valence-corrected chi connectivity index (χ0v) is 12.3. The molecule has 0 spiro atoms. The molecular weight excluding hydrogens is 311 g/mol. The standard InChI is InChI=1S/C11H14Cl2N2O3S/c12-7-5-9(13)11(10(14)6-7)19(17,18)15-3-1-8(16)2-4-15/h5-6,8,16H,1-4,14H2. The lowest BCUT2D eigenvalue weighted by molar-refractivity contribution is 0.113. The predicted octanol–water partition coefficient (Wildman–Crippen LogP) is 1.72. The molecule has 0 bridgehead atoms. The van der Waals surface area contributed by atoms with E-state index in [2.05, 4.69) is 0 Å². The number of anilines is 1. The zero-order valence-electron chi connectivity index (χ0n) is 10.0. The molecule has 1 fully saturated rings. The average Bonchev–Trinajstić information content (AvgIpc) is 2.27. The van der Waals surface area contributed by atoms with E-state index >= 15 is 0 Å². The van der Waals surface area contributed by atoms with E-state index in [1.165, 1.54) is 16.4 Å². The fourth-order valence-electron chi connectivity index (χ4n) is 2.06. The van der Waals surface area contributed by atoms with E-state index in [9.17, 15) is 13.5 Å². The molecule has 1 aliphatic heterocycles. The van der Waals surface area contributed by atoms with Crippen molar-refractivity contribution in [1.82, 2.24) is 4.31 Å². The third-order valence-electron chi connectivity index (χ3n) is 3.06. The number of nitrogens with two attached hydrogens (primary N) is 1. The lowest BCUT2D eigenvalue weighted by Crippen LogP contribution is -2.40. The van der Waals surface area contributed by atoms with E-state index in [0.29, 0.717) is 12.8 Å². The van der Waals surface area contributed by atoms with Gasteiger partial charge in [0.15, 0.2) is 0 Å². The van der Waals surface area contributed by atoms with E-state index in [-0.39, 0.29) is 33.7 Å². The normalized spacial score (nSPS) is 18.7. The number of rotatable bonds is 2. The Hall–Kier alpha value is -0.530. The molecule has 1 aliphatic rings. The first-order chi connectivity index (χ1) is 8.82. The number of nitrogens with zero attached hydrogens (tertiary/aromatic N) is 1. The van der Waals surface area contributed by atoms with E-state index in [1.807, 2.05) is 0 Å². The summed E-state index contributed by atoms with van der Waals surface area (Å²) in [6.07, 6.45) is 0.360. The Kier molecular flexibility index (Phi) is 4.27. The number of sulfonamides is 1. The van der Waals surface area contributed by atoms with Crippen molar-refractivity contribution in [3.63, 3.8) is 0 Å².